The Bertz CT molecular complexity index is 400. The molecule has 1 aromatic rings. The second-order valence-corrected chi connectivity index (χ2v) is 5.29. The average molecular weight is 261 g/mol. The molecule has 0 saturated heterocycles. The van der Waals surface area contributed by atoms with Crippen LogP contribution in [0, 0.1) is 0 Å². The van der Waals surface area contributed by atoms with Crippen LogP contribution in [0.25, 0.3) is 0 Å². The Hall–Kier alpha value is -1.35. The van der Waals surface area contributed by atoms with Crippen LogP contribution in [0.15, 0.2) is 30.3 Å². The molecule has 0 heterocycles. The average Bonchev–Trinajstić information content (AvgIpc) is 3.23. The lowest BCUT2D eigenvalue weighted by Crippen LogP contribution is -2.40. The quantitative estimate of drug-likeness (QED) is 0.767. The molecule has 2 atom stereocenters. The predicted molar refractivity (Wildman–Crippen MR) is 76.1 cm³/mol. The largest absolute Gasteiger partial charge is 0.465 e. The van der Waals surface area contributed by atoms with Gasteiger partial charge in [-0.15, -0.1) is 0 Å². The van der Waals surface area contributed by atoms with Gasteiger partial charge in [0.05, 0.1) is 6.61 Å². The van der Waals surface area contributed by atoms with Crippen molar-refractivity contribution >= 4 is 5.97 Å². The summed E-state index contributed by atoms with van der Waals surface area (Å²) in [5.41, 5.74) is 1.27. The zero-order valence-electron chi connectivity index (χ0n) is 11.8. The normalized spacial score (nSPS) is 17.8. The Balaban J connectivity index is 1.96. The highest BCUT2D eigenvalue weighted by Gasteiger charge is 2.30. The van der Waals surface area contributed by atoms with Crippen molar-refractivity contribution < 1.29 is 9.53 Å². The van der Waals surface area contributed by atoms with Crippen LogP contribution < -0.4 is 5.32 Å². The van der Waals surface area contributed by atoms with Crippen molar-refractivity contribution in [3.05, 3.63) is 35.9 Å². The van der Waals surface area contributed by atoms with E-state index < -0.39 is 0 Å². The van der Waals surface area contributed by atoms with Gasteiger partial charge in [-0.1, -0.05) is 37.3 Å². The van der Waals surface area contributed by atoms with E-state index in [1.165, 1.54) is 18.4 Å². The fourth-order valence-corrected chi connectivity index (χ4v) is 2.28. The van der Waals surface area contributed by atoms with E-state index in [2.05, 4.69) is 24.4 Å². The summed E-state index contributed by atoms with van der Waals surface area (Å²) in [5, 5.41) is 3.40. The summed E-state index contributed by atoms with van der Waals surface area (Å²) in [6, 6.07) is 10.7. The molecule has 1 aliphatic rings. The second-order valence-electron chi connectivity index (χ2n) is 5.29. The molecule has 1 aliphatic carbocycles. The Labute approximate surface area is 115 Å². The molecule has 0 amide bonds. The van der Waals surface area contributed by atoms with Crippen LogP contribution in [-0.4, -0.2) is 24.7 Å². The third kappa shape index (κ3) is 4.35. The van der Waals surface area contributed by atoms with Gasteiger partial charge in [-0.3, -0.25) is 4.79 Å². The number of esters is 1. The molecule has 1 fully saturated rings. The number of hydrogen-bond donors (Lipinski definition) is 1. The summed E-state index contributed by atoms with van der Waals surface area (Å²) in [6.07, 6.45) is 3.14. The van der Waals surface area contributed by atoms with E-state index in [1.807, 2.05) is 25.1 Å². The molecular weight excluding hydrogens is 238 g/mol. The number of hydrogen-bond acceptors (Lipinski definition) is 3. The van der Waals surface area contributed by atoms with Gasteiger partial charge < -0.3 is 10.1 Å². The fraction of sp³-hybridized carbons (Fsp3) is 0.562. The Morgan fingerprint density at radius 2 is 2.05 bits per heavy atom. The van der Waals surface area contributed by atoms with Crippen molar-refractivity contribution in [3.63, 3.8) is 0 Å². The molecule has 3 nitrogen and oxygen atoms in total. The van der Waals surface area contributed by atoms with Crippen molar-refractivity contribution in [3.8, 4) is 0 Å². The molecule has 104 valence electrons. The highest BCUT2D eigenvalue weighted by atomic mass is 16.5. The lowest BCUT2D eigenvalue weighted by Gasteiger charge is -2.21. The predicted octanol–water partition coefficient (Wildman–Crippen LogP) is 2.86. The molecule has 0 aliphatic heterocycles. The summed E-state index contributed by atoms with van der Waals surface area (Å²) >= 11 is 0. The van der Waals surface area contributed by atoms with Crippen LogP contribution >= 0.6 is 0 Å². The van der Waals surface area contributed by atoms with E-state index in [9.17, 15) is 4.79 Å². The molecule has 1 aromatic carbocycles. The van der Waals surface area contributed by atoms with Gasteiger partial charge in [-0.25, -0.2) is 0 Å². The molecule has 1 N–H and O–H groups in total. The Morgan fingerprint density at radius 3 is 2.63 bits per heavy atom. The van der Waals surface area contributed by atoms with Gasteiger partial charge in [0.25, 0.3) is 0 Å². The third-order valence-electron chi connectivity index (χ3n) is 3.54. The van der Waals surface area contributed by atoms with Gasteiger partial charge >= 0.3 is 5.97 Å². The van der Waals surface area contributed by atoms with Gasteiger partial charge in [0.2, 0.25) is 0 Å². The van der Waals surface area contributed by atoms with Gasteiger partial charge in [0.1, 0.15) is 6.04 Å². The molecule has 0 aromatic heterocycles. The van der Waals surface area contributed by atoms with Crippen molar-refractivity contribution in [2.45, 2.75) is 51.1 Å². The zero-order chi connectivity index (χ0) is 13.7. The monoisotopic (exact) mass is 261 g/mol. The second kappa shape index (κ2) is 6.71. The van der Waals surface area contributed by atoms with Crippen LogP contribution in [0.5, 0.6) is 0 Å². The van der Waals surface area contributed by atoms with Gasteiger partial charge in [-0.2, -0.15) is 0 Å². The van der Waals surface area contributed by atoms with E-state index in [4.69, 9.17) is 4.74 Å². The number of benzene rings is 1. The first kappa shape index (κ1) is 14.1. The smallest absolute Gasteiger partial charge is 0.323 e. The zero-order valence-corrected chi connectivity index (χ0v) is 11.8. The minimum atomic E-state index is -0.178. The van der Waals surface area contributed by atoms with Gasteiger partial charge in [-0.05, 0) is 37.7 Å². The lowest BCUT2D eigenvalue weighted by atomic mass is 9.94. The number of carbonyl (C=O) groups is 1. The molecule has 19 heavy (non-hydrogen) atoms. The molecular formula is C16H23NO2. The van der Waals surface area contributed by atoms with E-state index >= 15 is 0 Å². The van der Waals surface area contributed by atoms with Gasteiger partial charge in [0.15, 0.2) is 0 Å². The van der Waals surface area contributed by atoms with Crippen LogP contribution in [-0.2, 0) is 9.53 Å². The van der Waals surface area contributed by atoms with E-state index in [-0.39, 0.29) is 12.0 Å². The van der Waals surface area contributed by atoms with E-state index in [0.717, 1.165) is 6.42 Å². The first-order valence-corrected chi connectivity index (χ1v) is 7.18. The summed E-state index contributed by atoms with van der Waals surface area (Å²) in [6.45, 7) is 4.46. The first-order chi connectivity index (χ1) is 9.20. The highest BCUT2D eigenvalue weighted by Crippen LogP contribution is 2.25. The summed E-state index contributed by atoms with van der Waals surface area (Å²) in [7, 11) is 0. The third-order valence-corrected chi connectivity index (χ3v) is 3.54. The number of carbonyl (C=O) groups excluding carboxylic acids is 1. The van der Waals surface area contributed by atoms with E-state index in [0.29, 0.717) is 18.6 Å². The van der Waals surface area contributed by atoms with Crippen molar-refractivity contribution in [1.82, 2.24) is 5.32 Å². The SMILES string of the molecule is CCOC(=O)C(CC(C)c1ccccc1)NC1CC1. The fourth-order valence-electron chi connectivity index (χ4n) is 2.28. The first-order valence-electron chi connectivity index (χ1n) is 7.18. The summed E-state index contributed by atoms with van der Waals surface area (Å²) < 4.78 is 5.17. The lowest BCUT2D eigenvalue weighted by molar-refractivity contribution is -0.146. The molecule has 0 bridgehead atoms. The minimum absolute atomic E-state index is 0.114. The standard InChI is InChI=1S/C16H23NO2/c1-3-19-16(18)15(17-14-9-10-14)11-12(2)13-7-5-4-6-8-13/h4-8,12,14-15,17H,3,9-11H2,1-2H3. The van der Waals surface area contributed by atoms with Crippen molar-refractivity contribution in [2.75, 3.05) is 6.61 Å². The van der Waals surface area contributed by atoms with Gasteiger partial charge in [0, 0.05) is 6.04 Å². The molecule has 2 unspecified atom stereocenters. The number of rotatable bonds is 7. The van der Waals surface area contributed by atoms with Crippen LogP contribution in [0.4, 0.5) is 0 Å². The maximum Gasteiger partial charge on any atom is 0.323 e. The van der Waals surface area contributed by atoms with Crippen molar-refractivity contribution in [1.29, 1.82) is 0 Å². The van der Waals surface area contributed by atoms with Crippen LogP contribution in [0.2, 0.25) is 0 Å². The minimum Gasteiger partial charge on any atom is -0.465 e. The molecule has 2 rings (SSSR count). The Morgan fingerprint density at radius 1 is 1.37 bits per heavy atom. The van der Waals surface area contributed by atoms with Crippen LogP contribution in [0.3, 0.4) is 0 Å². The van der Waals surface area contributed by atoms with E-state index in [1.54, 1.807) is 0 Å². The highest BCUT2D eigenvalue weighted by molar-refractivity contribution is 5.76. The topological polar surface area (TPSA) is 38.3 Å². The van der Waals surface area contributed by atoms with Crippen molar-refractivity contribution in [2.24, 2.45) is 0 Å². The number of nitrogens with one attached hydrogen (secondary N) is 1. The van der Waals surface area contributed by atoms with Crippen LogP contribution in [0.1, 0.15) is 44.6 Å². The maximum atomic E-state index is 12.0. The molecule has 0 spiro atoms. The Kier molecular flexibility index (Phi) is 4.97. The summed E-state index contributed by atoms with van der Waals surface area (Å²) in [4.78, 5) is 12.0. The summed E-state index contributed by atoms with van der Waals surface area (Å²) in [5.74, 6) is 0.235. The maximum absolute atomic E-state index is 12.0. The number of ether oxygens (including phenoxy) is 1. The molecule has 1 saturated carbocycles. The molecule has 3 heteroatoms. The molecule has 0 radical (unpaired) electrons.